The molecule has 7 aliphatic rings. The number of rotatable bonds is 2. The Morgan fingerprint density at radius 1 is 0.889 bits per heavy atom. The molecule has 7 aliphatic heterocycles. The second-order valence-corrected chi connectivity index (χ2v) is 12.8. The van der Waals surface area contributed by atoms with E-state index >= 15 is 0 Å². The number of hydrogen-bond donors (Lipinski definition) is 0. The van der Waals surface area contributed by atoms with Crippen molar-refractivity contribution in [3.8, 4) is 0 Å². The Labute approximate surface area is 219 Å². The first kappa shape index (κ1) is 23.6. The van der Waals surface area contributed by atoms with Gasteiger partial charge in [-0.05, 0) is 23.3 Å². The summed E-state index contributed by atoms with van der Waals surface area (Å²) in [5, 5.41) is 0. The van der Waals surface area contributed by atoms with Gasteiger partial charge in [-0.25, -0.2) is 0 Å². The predicted molar refractivity (Wildman–Crippen MR) is 131 cm³/mol. The SMILES string of the molecule is CC(=O)OC1C=COC=C2C[C@@]34SC(=S)S[C@]5(CC6=COC=CC(OC(C)=O)C6N5C3=O)C(=O)N4C21. The first-order valence-electron chi connectivity index (χ1n) is 11.1. The van der Waals surface area contributed by atoms with Crippen molar-refractivity contribution in [1.29, 1.82) is 0 Å². The third kappa shape index (κ3) is 3.15. The highest BCUT2D eigenvalue weighted by molar-refractivity contribution is 8.48. The summed E-state index contributed by atoms with van der Waals surface area (Å²) in [6.07, 6.45) is 7.50. The van der Waals surface area contributed by atoms with Crippen LogP contribution in [-0.4, -0.2) is 71.1 Å². The van der Waals surface area contributed by atoms with E-state index in [1.54, 1.807) is 12.2 Å². The molecule has 6 atom stereocenters. The van der Waals surface area contributed by atoms with Crippen molar-refractivity contribution in [1.82, 2.24) is 9.80 Å². The van der Waals surface area contributed by atoms with Crippen LogP contribution in [0.4, 0.5) is 0 Å². The van der Waals surface area contributed by atoms with E-state index in [4.69, 9.17) is 31.2 Å². The van der Waals surface area contributed by atoms with Crippen molar-refractivity contribution >= 4 is 63.0 Å². The first-order valence-corrected chi connectivity index (χ1v) is 13.2. The second kappa shape index (κ2) is 8.12. The van der Waals surface area contributed by atoms with Crippen LogP contribution in [0.2, 0.25) is 0 Å². The van der Waals surface area contributed by atoms with Crippen molar-refractivity contribution in [2.45, 2.75) is 60.7 Å². The maximum atomic E-state index is 14.5. The van der Waals surface area contributed by atoms with E-state index < -0.39 is 46.0 Å². The molecule has 5 fully saturated rings. The Morgan fingerprint density at radius 3 is 1.69 bits per heavy atom. The molecular formula is C23H20N2O8S3. The summed E-state index contributed by atoms with van der Waals surface area (Å²) in [6, 6.07) is -1.48. The number of thioether (sulfide) groups is 2. The zero-order chi connectivity index (χ0) is 25.4. The average Bonchev–Trinajstić information content (AvgIpc) is 3.06. The number of fused-ring (bicyclic) bond motifs is 4. The van der Waals surface area contributed by atoms with Crippen LogP contribution < -0.4 is 0 Å². The maximum absolute atomic E-state index is 14.5. The van der Waals surface area contributed by atoms with E-state index in [1.807, 2.05) is 0 Å². The van der Waals surface area contributed by atoms with E-state index in [2.05, 4.69) is 0 Å². The lowest BCUT2D eigenvalue weighted by Crippen LogP contribution is -2.73. The fourth-order valence-corrected chi connectivity index (χ4v) is 9.63. The number of ether oxygens (including phenoxy) is 4. The van der Waals surface area contributed by atoms with Gasteiger partial charge in [0.2, 0.25) is 0 Å². The lowest BCUT2D eigenvalue weighted by atomic mass is 10.0. The number of piperazine rings is 1. The van der Waals surface area contributed by atoms with Gasteiger partial charge in [-0.1, -0.05) is 35.7 Å². The maximum Gasteiger partial charge on any atom is 0.303 e. The molecule has 13 heteroatoms. The van der Waals surface area contributed by atoms with Crippen LogP contribution in [0.5, 0.6) is 0 Å². The molecule has 2 amide bonds. The van der Waals surface area contributed by atoms with Crippen molar-refractivity contribution in [2.75, 3.05) is 0 Å². The molecule has 4 unspecified atom stereocenters. The Kier molecular flexibility index (Phi) is 5.33. The Balaban J connectivity index is 1.52. The highest BCUT2D eigenvalue weighted by atomic mass is 32.2. The van der Waals surface area contributed by atoms with Gasteiger partial charge in [-0.3, -0.25) is 19.2 Å². The van der Waals surface area contributed by atoms with Gasteiger partial charge < -0.3 is 28.7 Å². The van der Waals surface area contributed by atoms with Crippen LogP contribution in [0.15, 0.2) is 48.3 Å². The molecule has 7 rings (SSSR count). The van der Waals surface area contributed by atoms with Crippen LogP contribution in [0.1, 0.15) is 26.7 Å². The number of carbonyl (C=O) groups is 4. The topological polar surface area (TPSA) is 112 Å². The fraction of sp³-hybridized carbons (Fsp3) is 0.435. The minimum Gasteiger partial charge on any atom is -0.473 e. The summed E-state index contributed by atoms with van der Waals surface area (Å²) in [4.78, 5) is 53.2. The number of hydrogen-bond acceptors (Lipinski definition) is 11. The van der Waals surface area contributed by atoms with Crippen LogP contribution >= 0.6 is 35.7 Å². The summed E-state index contributed by atoms with van der Waals surface area (Å²) in [5.41, 5.74) is 1.28. The predicted octanol–water partition coefficient (Wildman–Crippen LogP) is 2.08. The molecule has 0 saturated carbocycles. The zero-order valence-electron chi connectivity index (χ0n) is 19.1. The normalized spacial score (nSPS) is 37.8. The molecule has 0 aromatic heterocycles. The molecule has 2 bridgehead atoms. The second-order valence-electron chi connectivity index (χ2n) is 9.08. The van der Waals surface area contributed by atoms with Gasteiger partial charge in [0.1, 0.15) is 15.7 Å². The van der Waals surface area contributed by atoms with E-state index in [1.165, 1.54) is 48.7 Å². The Bertz CT molecular complexity index is 1150. The van der Waals surface area contributed by atoms with E-state index in [9.17, 15) is 19.2 Å². The molecule has 5 saturated heterocycles. The summed E-state index contributed by atoms with van der Waals surface area (Å²) in [7, 11) is 0. The molecule has 10 nitrogen and oxygen atoms in total. The monoisotopic (exact) mass is 548 g/mol. The molecule has 7 heterocycles. The highest BCUT2D eigenvalue weighted by Gasteiger charge is 2.76. The van der Waals surface area contributed by atoms with Gasteiger partial charge in [0.25, 0.3) is 11.8 Å². The van der Waals surface area contributed by atoms with Crippen LogP contribution in [0.3, 0.4) is 0 Å². The minimum atomic E-state index is -1.41. The fourth-order valence-electron chi connectivity index (χ4n) is 5.82. The summed E-state index contributed by atoms with van der Waals surface area (Å²) in [5.74, 6) is -1.71. The number of nitrogens with zero attached hydrogens (tertiary/aromatic N) is 2. The van der Waals surface area contributed by atoms with Crippen LogP contribution in [-0.2, 0) is 38.1 Å². The van der Waals surface area contributed by atoms with Gasteiger partial charge in [0.15, 0.2) is 9.74 Å². The number of amides is 2. The van der Waals surface area contributed by atoms with Crippen LogP contribution in [0.25, 0.3) is 0 Å². The largest absolute Gasteiger partial charge is 0.473 e. The van der Waals surface area contributed by atoms with Crippen molar-refractivity contribution < 1.29 is 38.1 Å². The van der Waals surface area contributed by atoms with Gasteiger partial charge in [-0.2, -0.15) is 0 Å². The number of thiocarbonyl (C=S) groups is 1. The highest BCUT2D eigenvalue weighted by Crippen LogP contribution is 2.64. The number of carbonyl (C=O) groups excluding carboxylic acids is 4. The molecule has 0 aliphatic carbocycles. The van der Waals surface area contributed by atoms with Crippen LogP contribution in [0, 0.1) is 0 Å². The minimum absolute atomic E-state index is 0.135. The molecule has 0 aromatic carbocycles. The summed E-state index contributed by atoms with van der Waals surface area (Å²) >= 11 is 7.99. The van der Waals surface area contributed by atoms with E-state index in [-0.39, 0.29) is 24.7 Å². The summed E-state index contributed by atoms with van der Waals surface area (Å²) in [6.45, 7) is 2.57. The van der Waals surface area contributed by atoms with Crippen molar-refractivity contribution in [3.05, 3.63) is 48.3 Å². The zero-order valence-corrected chi connectivity index (χ0v) is 21.5. The quantitative estimate of drug-likeness (QED) is 0.373. The molecule has 2 spiro atoms. The molecule has 0 N–H and O–H groups in total. The van der Waals surface area contributed by atoms with Crippen molar-refractivity contribution in [2.24, 2.45) is 0 Å². The Morgan fingerprint density at radius 2 is 1.31 bits per heavy atom. The molecule has 188 valence electrons. The third-order valence-electron chi connectivity index (χ3n) is 6.95. The average molecular weight is 549 g/mol. The molecular weight excluding hydrogens is 528 g/mol. The van der Waals surface area contributed by atoms with Gasteiger partial charge in [0.05, 0.1) is 37.1 Å². The van der Waals surface area contributed by atoms with Gasteiger partial charge in [0, 0.05) is 26.7 Å². The number of esters is 2. The molecule has 0 radical (unpaired) electrons. The smallest absolute Gasteiger partial charge is 0.303 e. The standard InChI is InChI=1S/C23H20N2O8S3/c1-11(26)32-15-3-5-30-9-13-7-22-20(29)25-18-14(10-31-6-4-16(18)33-12(2)27)8-23(25,36-21(34)35-22)19(28)24(22)17(13)15/h3-6,9-10,15-18H,7-8H2,1-2H3/t15?,16?,17?,18?,22-,23-/m1/s1. The van der Waals surface area contributed by atoms with Crippen molar-refractivity contribution in [3.63, 3.8) is 0 Å². The molecule has 36 heavy (non-hydrogen) atoms. The van der Waals surface area contributed by atoms with E-state index in [0.717, 1.165) is 23.5 Å². The summed E-state index contributed by atoms with van der Waals surface area (Å²) < 4.78 is 22.5. The third-order valence-corrected chi connectivity index (χ3v) is 9.99. The van der Waals surface area contributed by atoms with Gasteiger partial charge in [-0.15, -0.1) is 0 Å². The Hall–Kier alpha value is -2.77. The van der Waals surface area contributed by atoms with E-state index in [0.29, 0.717) is 14.7 Å². The lowest BCUT2D eigenvalue weighted by Gasteiger charge is -2.51. The lowest BCUT2D eigenvalue weighted by molar-refractivity contribution is -0.171. The van der Waals surface area contributed by atoms with Gasteiger partial charge >= 0.3 is 11.9 Å². The molecule has 0 aromatic rings. The first-order chi connectivity index (χ1) is 17.2.